The summed E-state index contributed by atoms with van der Waals surface area (Å²) in [6.45, 7) is 4.96. The van der Waals surface area contributed by atoms with Gasteiger partial charge in [-0.2, -0.15) is 0 Å². The lowest BCUT2D eigenvalue weighted by Gasteiger charge is -2.36. The zero-order valence-electron chi connectivity index (χ0n) is 9.92. The van der Waals surface area contributed by atoms with E-state index in [0.29, 0.717) is 0 Å². The molecule has 0 amide bonds. The molecule has 0 aromatic heterocycles. The van der Waals surface area contributed by atoms with Gasteiger partial charge in [0.05, 0.1) is 0 Å². The molecule has 0 radical (unpaired) electrons. The third kappa shape index (κ3) is 3.95. The lowest BCUT2D eigenvalue weighted by molar-refractivity contribution is 0.132. The maximum Gasteiger partial charge on any atom is 0.0217 e. The number of nitrogens with zero attached hydrogens (tertiary/aromatic N) is 2. The summed E-state index contributed by atoms with van der Waals surface area (Å²) in [6, 6.07) is 0.776. The van der Waals surface area contributed by atoms with Gasteiger partial charge in [-0.15, -0.1) is 0 Å². The number of likely N-dealkylation sites (tertiary alicyclic amines) is 1. The Morgan fingerprint density at radius 1 is 1.43 bits per heavy atom. The van der Waals surface area contributed by atoms with Crippen molar-refractivity contribution in [2.75, 3.05) is 47.3 Å². The Morgan fingerprint density at radius 2 is 2.21 bits per heavy atom. The van der Waals surface area contributed by atoms with E-state index in [9.17, 15) is 0 Å². The van der Waals surface area contributed by atoms with Crippen molar-refractivity contribution in [3.8, 4) is 0 Å². The van der Waals surface area contributed by atoms with Gasteiger partial charge in [0, 0.05) is 12.6 Å². The number of nitrogens with one attached hydrogen (secondary N) is 1. The third-order valence-corrected chi connectivity index (χ3v) is 3.11. The van der Waals surface area contributed by atoms with Gasteiger partial charge in [0.2, 0.25) is 0 Å². The number of piperidine rings is 1. The van der Waals surface area contributed by atoms with Crippen molar-refractivity contribution in [2.24, 2.45) is 0 Å². The van der Waals surface area contributed by atoms with Crippen LogP contribution in [0.5, 0.6) is 0 Å². The molecule has 1 N–H and O–H groups in total. The number of likely N-dealkylation sites (N-methyl/N-ethyl adjacent to an activating group) is 1. The number of hydrogen-bond donors (Lipinski definition) is 1. The van der Waals surface area contributed by atoms with Crippen LogP contribution >= 0.6 is 0 Å². The second-order valence-corrected chi connectivity index (χ2v) is 4.52. The van der Waals surface area contributed by atoms with Crippen molar-refractivity contribution < 1.29 is 0 Å². The van der Waals surface area contributed by atoms with Crippen molar-refractivity contribution in [1.82, 2.24) is 15.1 Å². The average molecular weight is 199 g/mol. The first-order valence-corrected chi connectivity index (χ1v) is 5.77. The molecule has 1 aliphatic rings. The summed E-state index contributed by atoms with van der Waals surface area (Å²) in [7, 11) is 6.42. The molecular formula is C11H25N3. The van der Waals surface area contributed by atoms with Gasteiger partial charge in [0.25, 0.3) is 0 Å². The minimum absolute atomic E-state index is 0.776. The summed E-state index contributed by atoms with van der Waals surface area (Å²) in [6.07, 6.45) is 4.01. The van der Waals surface area contributed by atoms with Crippen molar-refractivity contribution in [3.05, 3.63) is 0 Å². The molecule has 0 aromatic carbocycles. The normalized spacial score (nSPS) is 24.4. The molecule has 0 aromatic rings. The van der Waals surface area contributed by atoms with Crippen LogP contribution in [0.2, 0.25) is 0 Å². The van der Waals surface area contributed by atoms with Gasteiger partial charge >= 0.3 is 0 Å². The highest BCUT2D eigenvalue weighted by atomic mass is 15.2. The SMILES string of the molecule is CNCCCN1CCCC(N(C)C)C1. The summed E-state index contributed by atoms with van der Waals surface area (Å²) in [5.41, 5.74) is 0. The van der Waals surface area contributed by atoms with Crippen LogP contribution in [0.15, 0.2) is 0 Å². The largest absolute Gasteiger partial charge is 0.320 e. The number of hydrogen-bond acceptors (Lipinski definition) is 3. The van der Waals surface area contributed by atoms with Gasteiger partial charge < -0.3 is 15.1 Å². The maximum atomic E-state index is 3.20. The first-order valence-electron chi connectivity index (χ1n) is 5.77. The van der Waals surface area contributed by atoms with E-state index < -0.39 is 0 Å². The summed E-state index contributed by atoms with van der Waals surface area (Å²) < 4.78 is 0. The monoisotopic (exact) mass is 199 g/mol. The van der Waals surface area contributed by atoms with E-state index in [-0.39, 0.29) is 0 Å². The van der Waals surface area contributed by atoms with Gasteiger partial charge in [-0.25, -0.2) is 0 Å². The van der Waals surface area contributed by atoms with Crippen LogP contribution in [0, 0.1) is 0 Å². The molecule has 3 heteroatoms. The summed E-state index contributed by atoms with van der Waals surface area (Å²) in [5, 5.41) is 3.20. The van der Waals surface area contributed by atoms with Gasteiger partial charge in [-0.05, 0) is 60.0 Å². The fourth-order valence-corrected chi connectivity index (χ4v) is 2.14. The Bertz CT molecular complexity index is 147. The Kier molecular flexibility index (Phi) is 5.45. The summed E-state index contributed by atoms with van der Waals surface area (Å²) in [5.74, 6) is 0. The van der Waals surface area contributed by atoms with Crippen LogP contribution in [0.1, 0.15) is 19.3 Å². The third-order valence-electron chi connectivity index (χ3n) is 3.11. The molecule has 0 aliphatic carbocycles. The van der Waals surface area contributed by atoms with Crippen molar-refractivity contribution in [1.29, 1.82) is 0 Å². The lowest BCUT2D eigenvalue weighted by atomic mass is 10.0. The van der Waals surface area contributed by atoms with E-state index in [4.69, 9.17) is 0 Å². The Balaban J connectivity index is 2.19. The minimum atomic E-state index is 0.776. The van der Waals surface area contributed by atoms with E-state index >= 15 is 0 Å². The second-order valence-electron chi connectivity index (χ2n) is 4.52. The summed E-state index contributed by atoms with van der Waals surface area (Å²) >= 11 is 0. The molecule has 14 heavy (non-hydrogen) atoms. The average Bonchev–Trinajstić information content (AvgIpc) is 2.19. The summed E-state index contributed by atoms with van der Waals surface area (Å²) in [4.78, 5) is 4.97. The highest BCUT2D eigenvalue weighted by Crippen LogP contribution is 2.13. The van der Waals surface area contributed by atoms with Crippen molar-refractivity contribution >= 4 is 0 Å². The molecule has 0 saturated carbocycles. The van der Waals surface area contributed by atoms with E-state index in [2.05, 4.69) is 29.2 Å². The van der Waals surface area contributed by atoms with E-state index in [1.807, 2.05) is 7.05 Å². The van der Waals surface area contributed by atoms with E-state index in [1.54, 1.807) is 0 Å². The van der Waals surface area contributed by atoms with Crippen LogP contribution in [0.3, 0.4) is 0 Å². The van der Waals surface area contributed by atoms with Gasteiger partial charge in [-0.1, -0.05) is 0 Å². The standard InChI is InChI=1S/C11H25N3/c1-12-7-5-9-14-8-4-6-11(10-14)13(2)3/h11-12H,4-10H2,1-3H3. The fraction of sp³-hybridized carbons (Fsp3) is 1.00. The lowest BCUT2D eigenvalue weighted by Crippen LogP contribution is -2.45. The van der Waals surface area contributed by atoms with Gasteiger partial charge in [0.15, 0.2) is 0 Å². The van der Waals surface area contributed by atoms with Crippen LogP contribution < -0.4 is 5.32 Å². The second kappa shape index (κ2) is 6.38. The predicted molar refractivity (Wildman–Crippen MR) is 61.7 cm³/mol. The molecule has 84 valence electrons. The molecule has 3 nitrogen and oxygen atoms in total. The molecule has 1 rings (SSSR count). The zero-order valence-corrected chi connectivity index (χ0v) is 9.92. The molecule has 1 unspecified atom stereocenters. The van der Waals surface area contributed by atoms with Crippen molar-refractivity contribution in [3.63, 3.8) is 0 Å². The van der Waals surface area contributed by atoms with Crippen LogP contribution in [-0.4, -0.2) is 63.2 Å². The highest BCUT2D eigenvalue weighted by molar-refractivity contribution is 4.77. The minimum Gasteiger partial charge on any atom is -0.320 e. The topological polar surface area (TPSA) is 18.5 Å². The first-order chi connectivity index (χ1) is 6.74. The molecular weight excluding hydrogens is 174 g/mol. The first kappa shape index (κ1) is 12.0. The number of rotatable bonds is 5. The molecule has 0 spiro atoms. The van der Waals surface area contributed by atoms with E-state index in [1.165, 1.54) is 38.9 Å². The Hall–Kier alpha value is -0.120. The smallest absolute Gasteiger partial charge is 0.0217 e. The van der Waals surface area contributed by atoms with E-state index in [0.717, 1.165) is 12.6 Å². The quantitative estimate of drug-likeness (QED) is 0.655. The van der Waals surface area contributed by atoms with Gasteiger partial charge in [-0.3, -0.25) is 0 Å². The van der Waals surface area contributed by atoms with Crippen molar-refractivity contribution in [2.45, 2.75) is 25.3 Å². The van der Waals surface area contributed by atoms with Gasteiger partial charge in [0.1, 0.15) is 0 Å². The molecule has 1 heterocycles. The molecule has 0 bridgehead atoms. The molecule has 1 saturated heterocycles. The fourth-order valence-electron chi connectivity index (χ4n) is 2.14. The Labute approximate surface area is 88.5 Å². The van der Waals surface area contributed by atoms with Crippen LogP contribution in [0.4, 0.5) is 0 Å². The van der Waals surface area contributed by atoms with Crippen LogP contribution in [0.25, 0.3) is 0 Å². The zero-order chi connectivity index (χ0) is 10.4. The predicted octanol–water partition coefficient (Wildman–Crippen LogP) is 0.622. The highest BCUT2D eigenvalue weighted by Gasteiger charge is 2.20. The molecule has 1 atom stereocenters. The molecule has 1 aliphatic heterocycles. The molecule has 1 fully saturated rings. The van der Waals surface area contributed by atoms with Crippen LogP contribution in [-0.2, 0) is 0 Å². The Morgan fingerprint density at radius 3 is 2.86 bits per heavy atom. The maximum absolute atomic E-state index is 3.20.